The highest BCUT2D eigenvalue weighted by molar-refractivity contribution is 6.61. The summed E-state index contributed by atoms with van der Waals surface area (Å²) >= 11 is 4.95. The Bertz CT molecular complexity index is 406. The SMILES string of the molecule is COc1ccc(OC(=O)Cl)c([N+](=O)[O-])c1. The van der Waals surface area contributed by atoms with Crippen LogP contribution in [0.25, 0.3) is 0 Å². The summed E-state index contributed by atoms with van der Waals surface area (Å²) in [7, 11) is 1.37. The second-order valence-electron chi connectivity index (χ2n) is 2.43. The highest BCUT2D eigenvalue weighted by Crippen LogP contribution is 2.31. The summed E-state index contributed by atoms with van der Waals surface area (Å²) in [5.74, 6) is 0.0665. The predicted octanol–water partition coefficient (Wildman–Crippen LogP) is 2.34. The lowest BCUT2D eigenvalue weighted by atomic mass is 10.3. The molecule has 0 spiro atoms. The molecular weight excluding hydrogens is 226 g/mol. The molecule has 0 atom stereocenters. The molecule has 1 rings (SSSR count). The first-order valence-corrected chi connectivity index (χ1v) is 4.12. The Morgan fingerprint density at radius 2 is 2.20 bits per heavy atom. The van der Waals surface area contributed by atoms with Crippen LogP contribution in [-0.2, 0) is 0 Å². The predicted molar refractivity (Wildman–Crippen MR) is 51.5 cm³/mol. The number of nitrogens with zero attached hydrogens (tertiary/aromatic N) is 1. The lowest BCUT2D eigenvalue weighted by Crippen LogP contribution is -2.00. The first kappa shape index (κ1) is 11.3. The van der Waals surface area contributed by atoms with E-state index in [1.165, 1.54) is 19.2 Å². The maximum Gasteiger partial charge on any atom is 0.409 e. The third kappa shape index (κ3) is 2.81. The Kier molecular flexibility index (Phi) is 3.46. The van der Waals surface area contributed by atoms with Gasteiger partial charge in [-0.05, 0) is 12.1 Å². The number of ether oxygens (including phenoxy) is 2. The summed E-state index contributed by atoms with van der Waals surface area (Å²) in [6.45, 7) is 0. The zero-order valence-electron chi connectivity index (χ0n) is 7.60. The molecule has 0 fully saturated rings. The topological polar surface area (TPSA) is 78.7 Å². The Balaban J connectivity index is 3.15. The zero-order chi connectivity index (χ0) is 11.4. The standard InChI is InChI=1S/C8H6ClNO5/c1-14-5-2-3-7(15-8(9)11)6(4-5)10(12)13/h2-4H,1H3. The fourth-order valence-electron chi connectivity index (χ4n) is 0.940. The van der Waals surface area contributed by atoms with Crippen LogP contribution in [0.15, 0.2) is 18.2 Å². The van der Waals surface area contributed by atoms with E-state index >= 15 is 0 Å². The molecule has 0 N–H and O–H groups in total. The van der Waals surface area contributed by atoms with Crippen LogP contribution in [0.5, 0.6) is 11.5 Å². The summed E-state index contributed by atoms with van der Waals surface area (Å²) in [5.41, 5.74) is -1.52. The summed E-state index contributed by atoms with van der Waals surface area (Å²) in [4.78, 5) is 20.3. The Morgan fingerprint density at radius 3 is 2.67 bits per heavy atom. The molecule has 1 aromatic rings. The Labute approximate surface area is 89.5 Å². The normalized spacial score (nSPS) is 9.47. The van der Waals surface area contributed by atoms with Crippen molar-refractivity contribution in [3.05, 3.63) is 28.3 Å². The summed E-state index contributed by atoms with van der Waals surface area (Å²) in [6, 6.07) is 3.79. The number of benzene rings is 1. The molecule has 15 heavy (non-hydrogen) atoms. The van der Waals surface area contributed by atoms with E-state index in [1.807, 2.05) is 0 Å². The van der Waals surface area contributed by atoms with E-state index in [2.05, 4.69) is 4.74 Å². The molecule has 0 aliphatic carbocycles. The quantitative estimate of drug-likeness (QED) is 0.453. The van der Waals surface area contributed by atoms with E-state index in [1.54, 1.807) is 0 Å². The molecular formula is C8H6ClNO5. The van der Waals surface area contributed by atoms with Gasteiger partial charge in [-0.25, -0.2) is 4.79 Å². The van der Waals surface area contributed by atoms with Crippen molar-refractivity contribution in [1.29, 1.82) is 0 Å². The second kappa shape index (κ2) is 4.61. The van der Waals surface area contributed by atoms with Crippen LogP contribution < -0.4 is 9.47 Å². The number of methoxy groups -OCH3 is 1. The zero-order valence-corrected chi connectivity index (χ0v) is 8.35. The number of nitro benzene ring substituents is 1. The van der Waals surface area contributed by atoms with Gasteiger partial charge in [-0.1, -0.05) is 0 Å². The van der Waals surface area contributed by atoms with E-state index < -0.39 is 10.4 Å². The number of carbonyl (C=O) groups is 1. The van der Waals surface area contributed by atoms with Gasteiger partial charge in [-0.2, -0.15) is 0 Å². The van der Waals surface area contributed by atoms with Crippen LogP contribution in [0, 0.1) is 10.1 Å². The largest absolute Gasteiger partial charge is 0.496 e. The summed E-state index contributed by atoms with van der Waals surface area (Å²) in [5, 5.41) is 10.6. The van der Waals surface area contributed by atoms with E-state index in [0.29, 0.717) is 0 Å². The van der Waals surface area contributed by atoms with Crippen LogP contribution in [0.4, 0.5) is 10.5 Å². The minimum atomic E-state index is -1.14. The Hall–Kier alpha value is -1.82. The van der Waals surface area contributed by atoms with Gasteiger partial charge in [-0.3, -0.25) is 10.1 Å². The average Bonchev–Trinajstić information content (AvgIpc) is 2.17. The molecule has 1 aromatic carbocycles. The maximum absolute atomic E-state index is 10.6. The molecule has 0 saturated heterocycles. The fourth-order valence-corrected chi connectivity index (χ4v) is 1.02. The van der Waals surface area contributed by atoms with Crippen molar-refractivity contribution in [2.24, 2.45) is 0 Å². The van der Waals surface area contributed by atoms with Gasteiger partial charge in [-0.15, -0.1) is 0 Å². The molecule has 80 valence electrons. The molecule has 0 aromatic heterocycles. The highest BCUT2D eigenvalue weighted by atomic mass is 35.5. The van der Waals surface area contributed by atoms with Crippen molar-refractivity contribution in [1.82, 2.24) is 0 Å². The van der Waals surface area contributed by atoms with Crippen molar-refractivity contribution in [2.75, 3.05) is 7.11 Å². The lowest BCUT2D eigenvalue weighted by Gasteiger charge is -2.03. The van der Waals surface area contributed by atoms with Crippen LogP contribution in [0.3, 0.4) is 0 Å². The van der Waals surface area contributed by atoms with Gasteiger partial charge >= 0.3 is 11.1 Å². The van der Waals surface area contributed by atoms with Crippen LogP contribution >= 0.6 is 11.6 Å². The average molecular weight is 232 g/mol. The second-order valence-corrected chi connectivity index (χ2v) is 2.74. The lowest BCUT2D eigenvalue weighted by molar-refractivity contribution is -0.385. The van der Waals surface area contributed by atoms with Gasteiger partial charge in [0.2, 0.25) is 5.75 Å². The van der Waals surface area contributed by atoms with Gasteiger partial charge in [0.25, 0.3) is 0 Å². The van der Waals surface area contributed by atoms with Crippen molar-refractivity contribution in [3.8, 4) is 11.5 Å². The van der Waals surface area contributed by atoms with E-state index in [0.717, 1.165) is 6.07 Å². The third-order valence-corrected chi connectivity index (χ3v) is 1.63. The number of nitro groups is 1. The van der Waals surface area contributed by atoms with Gasteiger partial charge in [0.15, 0.2) is 0 Å². The van der Waals surface area contributed by atoms with Crippen LogP contribution in [-0.4, -0.2) is 17.5 Å². The monoisotopic (exact) mass is 231 g/mol. The number of hydrogen-bond donors (Lipinski definition) is 0. The number of hydrogen-bond acceptors (Lipinski definition) is 5. The maximum atomic E-state index is 10.6. The van der Waals surface area contributed by atoms with Crippen molar-refractivity contribution in [2.45, 2.75) is 0 Å². The molecule has 0 aliphatic heterocycles. The number of carbonyl (C=O) groups excluding carboxylic acids is 1. The van der Waals surface area contributed by atoms with E-state index in [4.69, 9.17) is 16.3 Å². The molecule has 6 nitrogen and oxygen atoms in total. The highest BCUT2D eigenvalue weighted by Gasteiger charge is 2.18. The minimum Gasteiger partial charge on any atom is -0.496 e. The van der Waals surface area contributed by atoms with Gasteiger partial charge in [0.05, 0.1) is 18.1 Å². The number of rotatable bonds is 3. The molecule has 0 bridgehead atoms. The van der Waals surface area contributed by atoms with E-state index in [9.17, 15) is 14.9 Å². The molecule has 0 heterocycles. The fraction of sp³-hybridized carbons (Fsp3) is 0.125. The molecule has 7 heteroatoms. The van der Waals surface area contributed by atoms with Crippen LogP contribution in [0.2, 0.25) is 0 Å². The van der Waals surface area contributed by atoms with Crippen LogP contribution in [0.1, 0.15) is 0 Å². The van der Waals surface area contributed by atoms with E-state index in [-0.39, 0.29) is 17.2 Å². The minimum absolute atomic E-state index is 0.221. The summed E-state index contributed by atoms with van der Waals surface area (Å²) in [6.07, 6.45) is 0. The van der Waals surface area contributed by atoms with Crippen molar-refractivity contribution < 1.29 is 19.2 Å². The Morgan fingerprint density at radius 1 is 1.53 bits per heavy atom. The molecule has 0 amide bonds. The van der Waals surface area contributed by atoms with Gasteiger partial charge in [0, 0.05) is 11.6 Å². The van der Waals surface area contributed by atoms with Crippen molar-refractivity contribution in [3.63, 3.8) is 0 Å². The molecule has 0 unspecified atom stereocenters. The van der Waals surface area contributed by atoms with Gasteiger partial charge in [0.1, 0.15) is 5.75 Å². The first-order valence-electron chi connectivity index (χ1n) is 3.74. The molecule has 0 aliphatic rings. The smallest absolute Gasteiger partial charge is 0.409 e. The third-order valence-electron chi connectivity index (χ3n) is 1.55. The van der Waals surface area contributed by atoms with Gasteiger partial charge < -0.3 is 9.47 Å². The molecule has 0 radical (unpaired) electrons. The summed E-state index contributed by atoms with van der Waals surface area (Å²) < 4.78 is 9.22. The van der Waals surface area contributed by atoms with Crippen molar-refractivity contribution >= 4 is 22.7 Å². The number of halogens is 1. The molecule has 0 saturated carbocycles. The first-order chi connectivity index (χ1) is 7.04.